The number of amides is 2. The van der Waals surface area contributed by atoms with Gasteiger partial charge in [-0.1, -0.05) is 0 Å². The molecule has 2 N–H and O–H groups in total. The van der Waals surface area contributed by atoms with Gasteiger partial charge in [0.25, 0.3) is 12.0 Å². The number of pyridine rings is 1. The van der Waals surface area contributed by atoms with Crippen LogP contribution in [0.3, 0.4) is 0 Å². The second-order valence-corrected chi connectivity index (χ2v) is 7.81. The molecule has 0 spiro atoms. The van der Waals surface area contributed by atoms with Crippen molar-refractivity contribution in [2.24, 2.45) is 11.7 Å². The summed E-state index contributed by atoms with van der Waals surface area (Å²) in [6.07, 6.45) is -6.08. The molecule has 2 fully saturated rings. The lowest BCUT2D eigenvalue weighted by atomic mass is 10.1. The third-order valence-electron chi connectivity index (χ3n) is 5.58. The number of esters is 1. The van der Waals surface area contributed by atoms with E-state index in [1.165, 1.54) is 22.7 Å². The van der Waals surface area contributed by atoms with E-state index in [0.29, 0.717) is 11.8 Å². The number of rotatable bonds is 6. The number of aromatic nitrogens is 3. The van der Waals surface area contributed by atoms with E-state index in [4.69, 9.17) is 5.73 Å². The molecule has 0 radical (unpaired) electrons. The minimum atomic E-state index is -5.17. The molecule has 2 aliphatic rings. The fraction of sp³-hybridized carbons (Fsp3) is 0.474. The first-order chi connectivity index (χ1) is 15.0. The molecule has 0 bridgehead atoms. The number of Topliss-reactive ketones (excluding diaryl/α,β-unsaturated/α-hetero) is 1. The Bertz CT molecular complexity index is 1130. The average Bonchev–Trinajstić information content (AvgIpc) is 3.21. The first-order valence-corrected chi connectivity index (χ1v) is 9.69. The van der Waals surface area contributed by atoms with Gasteiger partial charge < -0.3 is 15.4 Å². The molecule has 2 amide bonds. The summed E-state index contributed by atoms with van der Waals surface area (Å²) >= 11 is 0. The minimum absolute atomic E-state index is 0.0466. The number of hydrogen-bond acceptors (Lipinski definition) is 7. The minimum Gasteiger partial charge on any atom is -0.441 e. The van der Waals surface area contributed by atoms with E-state index in [0.717, 1.165) is 0 Å². The van der Waals surface area contributed by atoms with Crippen LogP contribution < -0.4 is 5.73 Å². The number of nitrogens with zero attached hydrogens (tertiary/aromatic N) is 4. The van der Waals surface area contributed by atoms with E-state index >= 15 is 0 Å². The number of fused-ring (bicyclic) bond motifs is 2. The maximum absolute atomic E-state index is 13.0. The van der Waals surface area contributed by atoms with E-state index in [9.17, 15) is 32.3 Å². The summed E-state index contributed by atoms with van der Waals surface area (Å²) in [4.78, 5) is 53.8. The van der Waals surface area contributed by atoms with Crippen LogP contribution >= 0.6 is 0 Å². The topological polar surface area (TPSA) is 137 Å². The Balaban J connectivity index is 1.56. The lowest BCUT2D eigenvalue weighted by Gasteiger charge is -2.28. The van der Waals surface area contributed by atoms with E-state index in [1.54, 1.807) is 12.1 Å². The number of carbonyl (C=O) groups excluding carboxylic acids is 4. The zero-order valence-corrected chi connectivity index (χ0v) is 16.7. The van der Waals surface area contributed by atoms with Crippen LogP contribution in [0, 0.1) is 5.92 Å². The summed E-state index contributed by atoms with van der Waals surface area (Å²) in [5, 5.41) is 4.59. The largest absolute Gasteiger partial charge is 0.441 e. The van der Waals surface area contributed by atoms with Gasteiger partial charge in [-0.2, -0.15) is 18.3 Å². The van der Waals surface area contributed by atoms with Crippen molar-refractivity contribution in [3.05, 3.63) is 24.0 Å². The van der Waals surface area contributed by atoms with Gasteiger partial charge in [0.05, 0.1) is 5.39 Å². The van der Waals surface area contributed by atoms with Crippen molar-refractivity contribution < 1.29 is 37.1 Å². The molecule has 170 valence electrons. The zero-order valence-electron chi connectivity index (χ0n) is 16.7. The third-order valence-corrected chi connectivity index (χ3v) is 5.58. The van der Waals surface area contributed by atoms with Gasteiger partial charge >= 0.3 is 12.1 Å². The van der Waals surface area contributed by atoms with Crippen molar-refractivity contribution in [1.82, 2.24) is 19.7 Å². The van der Waals surface area contributed by atoms with Crippen molar-refractivity contribution in [2.75, 3.05) is 0 Å². The van der Waals surface area contributed by atoms with Gasteiger partial charge in [0.1, 0.15) is 18.3 Å². The monoisotopic (exact) mass is 453 g/mol. The Morgan fingerprint density at radius 3 is 2.62 bits per heavy atom. The number of hydrogen-bond donors (Lipinski definition) is 1. The molecule has 1 aliphatic carbocycles. The summed E-state index contributed by atoms with van der Waals surface area (Å²) in [5.74, 6) is -4.17. The summed E-state index contributed by atoms with van der Waals surface area (Å²) in [7, 11) is 0. The molecule has 1 unspecified atom stereocenters. The van der Waals surface area contributed by atoms with Crippen LogP contribution in [0.25, 0.3) is 11.0 Å². The molecule has 32 heavy (non-hydrogen) atoms. The SMILES string of the molecule is CC(=O)c1nn(CC(=O)N2[C@@H]3C[C@@H]3C[C@H]2C(=O)OC(C(N)=O)C(F)(F)F)c2ncccc12. The quantitative estimate of drug-likeness (QED) is 0.499. The first-order valence-electron chi connectivity index (χ1n) is 9.69. The van der Waals surface area contributed by atoms with Crippen LogP contribution in [0.4, 0.5) is 13.2 Å². The molecule has 0 aromatic carbocycles. The maximum atomic E-state index is 13.0. The number of halogens is 3. The fourth-order valence-corrected chi connectivity index (χ4v) is 4.10. The van der Waals surface area contributed by atoms with Crippen molar-refractivity contribution in [2.45, 2.75) is 50.7 Å². The highest BCUT2D eigenvalue weighted by molar-refractivity contribution is 6.04. The standard InChI is InChI=1S/C19H18F3N5O5/c1-8(28)14-10-3-2-4-24-17(10)26(25-14)7-13(29)27-11-5-9(11)6-12(27)18(31)32-15(16(23)30)19(20,21)22/h2-4,9,11-12,15H,5-7H2,1H3,(H2,23,30)/t9-,11-,12+,15?/m1/s1. The molecular weight excluding hydrogens is 435 g/mol. The molecular formula is C19H18F3N5O5. The Morgan fingerprint density at radius 2 is 2.00 bits per heavy atom. The molecule has 2 aromatic rings. The molecule has 10 nitrogen and oxygen atoms in total. The van der Waals surface area contributed by atoms with E-state index < -0.39 is 36.1 Å². The molecule has 2 aromatic heterocycles. The van der Waals surface area contributed by atoms with Crippen LogP contribution in [0.1, 0.15) is 30.3 Å². The molecule has 3 heterocycles. The van der Waals surface area contributed by atoms with Gasteiger partial charge in [-0.25, -0.2) is 14.5 Å². The van der Waals surface area contributed by atoms with E-state index in [1.807, 2.05) is 0 Å². The molecule has 1 saturated heterocycles. The average molecular weight is 453 g/mol. The van der Waals surface area contributed by atoms with Gasteiger partial charge in [0.2, 0.25) is 5.91 Å². The Hall–Kier alpha value is -3.51. The number of nitrogens with two attached hydrogens (primary N) is 1. The maximum Gasteiger partial charge on any atom is 0.434 e. The number of carbonyl (C=O) groups is 4. The van der Waals surface area contributed by atoms with Crippen molar-refractivity contribution >= 4 is 34.6 Å². The number of piperidine rings is 1. The predicted molar refractivity (Wildman–Crippen MR) is 99.8 cm³/mol. The highest BCUT2D eigenvalue weighted by Crippen LogP contribution is 2.48. The first kappa shape index (κ1) is 21.7. The predicted octanol–water partition coefficient (Wildman–Crippen LogP) is 0.583. The van der Waals surface area contributed by atoms with Gasteiger partial charge in [0.15, 0.2) is 11.4 Å². The van der Waals surface area contributed by atoms with Gasteiger partial charge in [-0.15, -0.1) is 0 Å². The number of ketones is 1. The molecule has 4 rings (SSSR count). The lowest BCUT2D eigenvalue weighted by Crippen LogP contribution is -2.50. The number of primary amides is 1. The Labute approximate surface area is 178 Å². The molecule has 1 aliphatic heterocycles. The zero-order chi connectivity index (χ0) is 23.4. The second-order valence-electron chi connectivity index (χ2n) is 7.81. The number of ether oxygens (including phenoxy) is 1. The van der Waals surface area contributed by atoms with Gasteiger partial charge in [-0.05, 0) is 30.9 Å². The van der Waals surface area contributed by atoms with Crippen molar-refractivity contribution in [3.63, 3.8) is 0 Å². The van der Waals surface area contributed by atoms with Crippen molar-refractivity contribution in [3.8, 4) is 0 Å². The van der Waals surface area contributed by atoms with Gasteiger partial charge in [0, 0.05) is 19.2 Å². The van der Waals surface area contributed by atoms with Crippen LogP contribution in [0.15, 0.2) is 18.3 Å². The lowest BCUT2D eigenvalue weighted by molar-refractivity contribution is -0.220. The highest BCUT2D eigenvalue weighted by atomic mass is 19.4. The number of likely N-dealkylation sites (tertiary alicyclic amines) is 1. The van der Waals surface area contributed by atoms with Crippen molar-refractivity contribution in [1.29, 1.82) is 0 Å². The highest BCUT2D eigenvalue weighted by Gasteiger charge is 2.58. The van der Waals surface area contributed by atoms with Crippen LogP contribution in [0.2, 0.25) is 0 Å². The van der Waals surface area contributed by atoms with Crippen LogP contribution in [-0.4, -0.2) is 67.6 Å². The second kappa shape index (κ2) is 7.57. The Morgan fingerprint density at radius 1 is 1.28 bits per heavy atom. The fourth-order valence-electron chi connectivity index (χ4n) is 4.10. The summed E-state index contributed by atoms with van der Waals surface area (Å²) in [6, 6.07) is 1.64. The molecule has 1 saturated carbocycles. The Kier molecular flexibility index (Phi) is 5.13. The summed E-state index contributed by atoms with van der Waals surface area (Å²) in [6.45, 7) is 0.935. The van der Waals surface area contributed by atoms with E-state index in [2.05, 4.69) is 14.8 Å². The van der Waals surface area contributed by atoms with Gasteiger partial charge in [-0.3, -0.25) is 14.4 Å². The summed E-state index contributed by atoms with van der Waals surface area (Å²) < 4.78 is 44.4. The molecule has 4 atom stereocenters. The van der Waals surface area contributed by atoms with Crippen LogP contribution in [-0.2, 0) is 25.7 Å². The normalized spacial score (nSPS) is 23.0. The third kappa shape index (κ3) is 3.78. The summed E-state index contributed by atoms with van der Waals surface area (Å²) in [5.41, 5.74) is 5.12. The van der Waals surface area contributed by atoms with Crippen LogP contribution in [0.5, 0.6) is 0 Å². The number of alkyl halides is 3. The van der Waals surface area contributed by atoms with E-state index in [-0.39, 0.29) is 42.0 Å². The molecule has 13 heteroatoms. The smallest absolute Gasteiger partial charge is 0.434 e.